The molecule has 0 saturated heterocycles. The Morgan fingerprint density at radius 1 is 0.971 bits per heavy atom. The van der Waals surface area contributed by atoms with Crippen LogP contribution in [0.15, 0.2) is 53.9 Å². The number of amides is 2. The summed E-state index contributed by atoms with van der Waals surface area (Å²) in [6.45, 7) is 0.775. The molecule has 0 saturated carbocycles. The van der Waals surface area contributed by atoms with Crippen molar-refractivity contribution < 1.29 is 24.2 Å². The van der Waals surface area contributed by atoms with Crippen molar-refractivity contribution in [3.05, 3.63) is 75.7 Å². The van der Waals surface area contributed by atoms with Crippen LogP contribution in [0, 0.1) is 0 Å². The van der Waals surface area contributed by atoms with Gasteiger partial charge in [-0.05, 0) is 35.1 Å². The molecule has 1 aliphatic rings. The van der Waals surface area contributed by atoms with Gasteiger partial charge in [-0.3, -0.25) is 9.59 Å². The molecule has 0 atom stereocenters. The molecule has 0 radical (unpaired) electrons. The van der Waals surface area contributed by atoms with E-state index in [0.717, 1.165) is 11.1 Å². The number of ether oxygens (including phenoxy) is 1. The maximum atomic E-state index is 12.3. The van der Waals surface area contributed by atoms with E-state index in [1.807, 2.05) is 24.3 Å². The van der Waals surface area contributed by atoms with Gasteiger partial charge < -0.3 is 20.5 Å². The molecule has 0 fully saturated rings. The summed E-state index contributed by atoms with van der Waals surface area (Å²) in [5.74, 6) is -1.18. The molecule has 8 nitrogen and oxygen atoms in total. The van der Waals surface area contributed by atoms with E-state index >= 15 is 0 Å². The molecule has 3 N–H and O–H groups in total. The second kappa shape index (κ2) is 10.9. The van der Waals surface area contributed by atoms with E-state index in [9.17, 15) is 14.4 Å². The lowest BCUT2D eigenvalue weighted by atomic mass is 9.98. The molecule has 3 aromatic rings. The van der Waals surface area contributed by atoms with E-state index < -0.39 is 12.1 Å². The van der Waals surface area contributed by atoms with Gasteiger partial charge in [0.05, 0.1) is 6.54 Å². The molecule has 1 aliphatic carbocycles. The highest BCUT2D eigenvalue weighted by atomic mass is 32.1. The molecule has 4 rings (SSSR count). The minimum absolute atomic E-state index is 0.0104. The van der Waals surface area contributed by atoms with Gasteiger partial charge >= 0.3 is 12.1 Å². The van der Waals surface area contributed by atoms with E-state index in [1.165, 1.54) is 22.5 Å². The van der Waals surface area contributed by atoms with Gasteiger partial charge in [0.15, 0.2) is 0 Å². The number of fused-ring (bicyclic) bond motifs is 3. The monoisotopic (exact) mass is 479 g/mol. The number of carbonyl (C=O) groups is 3. The van der Waals surface area contributed by atoms with Crippen molar-refractivity contribution in [1.29, 1.82) is 0 Å². The van der Waals surface area contributed by atoms with Gasteiger partial charge in [0.1, 0.15) is 17.3 Å². The van der Waals surface area contributed by atoms with Gasteiger partial charge in [0.2, 0.25) is 0 Å². The predicted molar refractivity (Wildman–Crippen MR) is 128 cm³/mol. The third-order valence-electron chi connectivity index (χ3n) is 5.61. The van der Waals surface area contributed by atoms with Crippen molar-refractivity contribution in [2.24, 2.45) is 0 Å². The maximum absolute atomic E-state index is 12.3. The van der Waals surface area contributed by atoms with Gasteiger partial charge in [0, 0.05) is 24.3 Å². The highest BCUT2D eigenvalue weighted by Gasteiger charge is 2.29. The zero-order valence-electron chi connectivity index (χ0n) is 18.5. The Hall–Kier alpha value is -3.72. The molecule has 34 heavy (non-hydrogen) atoms. The molecule has 9 heteroatoms. The lowest BCUT2D eigenvalue weighted by molar-refractivity contribution is -0.137. The first-order chi connectivity index (χ1) is 16.5. The number of aromatic nitrogens is 1. The molecule has 0 unspecified atom stereocenters. The number of carboxylic acid groups (broad SMARTS) is 1. The zero-order valence-corrected chi connectivity index (χ0v) is 19.3. The van der Waals surface area contributed by atoms with Crippen LogP contribution in [0.2, 0.25) is 0 Å². The molecule has 1 heterocycles. The number of thiazole rings is 1. The van der Waals surface area contributed by atoms with E-state index in [4.69, 9.17) is 9.84 Å². The lowest BCUT2D eigenvalue weighted by Crippen LogP contribution is -2.26. The van der Waals surface area contributed by atoms with Crippen molar-refractivity contribution >= 4 is 29.3 Å². The van der Waals surface area contributed by atoms with Crippen LogP contribution >= 0.6 is 11.3 Å². The number of nitrogens with zero attached hydrogens (tertiary/aromatic N) is 1. The topological polar surface area (TPSA) is 118 Å². The molecule has 176 valence electrons. The summed E-state index contributed by atoms with van der Waals surface area (Å²) in [7, 11) is 0. The average molecular weight is 480 g/mol. The fourth-order valence-corrected chi connectivity index (χ4v) is 4.70. The fraction of sp³-hybridized carbons (Fsp3) is 0.280. The highest BCUT2D eigenvalue weighted by Crippen LogP contribution is 2.44. The maximum Gasteiger partial charge on any atom is 0.407 e. The van der Waals surface area contributed by atoms with Crippen LogP contribution in [-0.2, 0) is 16.1 Å². The summed E-state index contributed by atoms with van der Waals surface area (Å²) in [5.41, 5.74) is 4.91. The predicted octanol–water partition coefficient (Wildman–Crippen LogP) is 4.17. The van der Waals surface area contributed by atoms with E-state index in [2.05, 4.69) is 39.9 Å². The van der Waals surface area contributed by atoms with Crippen molar-refractivity contribution in [2.45, 2.75) is 31.7 Å². The third kappa shape index (κ3) is 5.60. The number of nitrogens with one attached hydrogen (secondary N) is 2. The SMILES string of the molecule is O=C(O)CCCCNC(=O)c1csc(CNC(=O)OCC2c3ccccc3-c3ccccc32)n1. The van der Waals surface area contributed by atoms with E-state index in [0.29, 0.717) is 24.4 Å². The number of benzene rings is 2. The van der Waals surface area contributed by atoms with Crippen LogP contribution < -0.4 is 10.6 Å². The summed E-state index contributed by atoms with van der Waals surface area (Å²) >= 11 is 1.27. The van der Waals surface area contributed by atoms with E-state index in [1.54, 1.807) is 5.38 Å². The fourth-order valence-electron chi connectivity index (χ4n) is 3.99. The highest BCUT2D eigenvalue weighted by molar-refractivity contribution is 7.09. The standard InChI is InChI=1S/C25H25N3O5S/c29-23(30)11-5-6-12-26-24(31)21-15-34-22(28-21)13-27-25(32)33-14-20-18-9-3-1-7-16(18)17-8-2-4-10-19(17)20/h1-4,7-10,15,20H,5-6,11-14H2,(H,26,31)(H,27,32)(H,29,30). The number of unbranched alkanes of at least 4 members (excludes halogenated alkanes) is 1. The van der Waals surface area contributed by atoms with Crippen LogP contribution in [0.1, 0.15) is 51.8 Å². The molecule has 1 aromatic heterocycles. The van der Waals surface area contributed by atoms with Crippen molar-refractivity contribution in [3.8, 4) is 11.1 Å². The number of rotatable bonds is 10. The Balaban J connectivity index is 1.24. The van der Waals surface area contributed by atoms with Crippen LogP contribution in [0.5, 0.6) is 0 Å². The molecule has 0 bridgehead atoms. The van der Waals surface area contributed by atoms with E-state index in [-0.39, 0.29) is 37.1 Å². The van der Waals surface area contributed by atoms with Crippen LogP contribution in [0.4, 0.5) is 4.79 Å². The van der Waals surface area contributed by atoms with Gasteiger partial charge in [-0.1, -0.05) is 48.5 Å². The van der Waals surface area contributed by atoms with Crippen LogP contribution in [-0.4, -0.2) is 41.2 Å². The number of aliphatic carboxylic acids is 1. The first-order valence-corrected chi connectivity index (χ1v) is 11.9. The Morgan fingerprint density at radius 2 is 1.65 bits per heavy atom. The first-order valence-electron chi connectivity index (χ1n) is 11.1. The molecule has 2 amide bonds. The number of carbonyl (C=O) groups excluding carboxylic acids is 2. The minimum Gasteiger partial charge on any atom is -0.481 e. The number of carboxylic acids is 1. The quantitative estimate of drug-likeness (QED) is 0.376. The normalized spacial score (nSPS) is 12.0. The molecular formula is C25H25N3O5S. The summed E-state index contributed by atoms with van der Waals surface area (Å²) in [6, 6.07) is 16.3. The second-order valence-corrected chi connectivity index (χ2v) is 8.85. The Kier molecular flexibility index (Phi) is 7.54. The number of alkyl carbamates (subject to hydrolysis) is 1. The Labute approximate surface area is 201 Å². The Bertz CT molecular complexity index is 1150. The Morgan fingerprint density at radius 3 is 2.32 bits per heavy atom. The molecule has 0 spiro atoms. The van der Waals surface area contributed by atoms with Crippen LogP contribution in [0.3, 0.4) is 0 Å². The van der Waals surface area contributed by atoms with Crippen LogP contribution in [0.25, 0.3) is 11.1 Å². The van der Waals surface area contributed by atoms with Crippen molar-refractivity contribution in [3.63, 3.8) is 0 Å². The second-order valence-electron chi connectivity index (χ2n) is 7.91. The number of hydrogen-bond acceptors (Lipinski definition) is 6. The zero-order chi connectivity index (χ0) is 23.9. The molecular weight excluding hydrogens is 454 g/mol. The van der Waals surface area contributed by atoms with Crippen molar-refractivity contribution in [1.82, 2.24) is 15.6 Å². The van der Waals surface area contributed by atoms with Gasteiger partial charge in [0.25, 0.3) is 5.91 Å². The van der Waals surface area contributed by atoms with Gasteiger partial charge in [-0.25, -0.2) is 9.78 Å². The third-order valence-corrected chi connectivity index (χ3v) is 6.46. The number of hydrogen-bond donors (Lipinski definition) is 3. The minimum atomic E-state index is -0.848. The van der Waals surface area contributed by atoms with Gasteiger partial charge in [-0.2, -0.15) is 0 Å². The van der Waals surface area contributed by atoms with Crippen molar-refractivity contribution in [2.75, 3.05) is 13.2 Å². The summed E-state index contributed by atoms with van der Waals surface area (Å²) in [4.78, 5) is 39.2. The smallest absolute Gasteiger partial charge is 0.407 e. The van der Waals surface area contributed by atoms with Gasteiger partial charge in [-0.15, -0.1) is 11.3 Å². The lowest BCUT2D eigenvalue weighted by Gasteiger charge is -2.14. The average Bonchev–Trinajstić information content (AvgIpc) is 3.44. The molecule has 2 aromatic carbocycles. The largest absolute Gasteiger partial charge is 0.481 e. The summed E-state index contributed by atoms with van der Waals surface area (Å²) in [6.07, 6.45) is 0.625. The molecule has 0 aliphatic heterocycles. The first kappa shape index (κ1) is 23.4. The summed E-state index contributed by atoms with van der Waals surface area (Å²) in [5, 5.41) is 16.3. The summed E-state index contributed by atoms with van der Waals surface area (Å²) < 4.78 is 5.51.